The highest BCUT2D eigenvalue weighted by Gasteiger charge is 2.30. The largest absolute Gasteiger partial charge is 0.416 e. The van der Waals surface area contributed by atoms with Crippen molar-refractivity contribution < 1.29 is 27.2 Å². The number of ketones is 1. The molecule has 0 aliphatic heterocycles. The van der Waals surface area contributed by atoms with Crippen molar-refractivity contribution in [1.82, 2.24) is 0 Å². The number of hydrogen-bond donors (Lipinski definition) is 1. The summed E-state index contributed by atoms with van der Waals surface area (Å²) >= 11 is 0. The first kappa shape index (κ1) is 17.7. The van der Waals surface area contributed by atoms with Gasteiger partial charge in [-0.2, -0.15) is 13.2 Å². The lowest BCUT2D eigenvalue weighted by Gasteiger charge is -2.13. The van der Waals surface area contributed by atoms with E-state index in [-0.39, 0.29) is 12.0 Å². The van der Waals surface area contributed by atoms with Crippen LogP contribution in [0.2, 0.25) is 0 Å². The molecule has 2 aromatic carbocycles. The fraction of sp³-hybridized carbons (Fsp3) is 0.176. The first-order chi connectivity index (χ1) is 11.2. The molecule has 0 heterocycles. The molecule has 0 fully saturated rings. The molecule has 0 spiro atoms. The maximum Gasteiger partial charge on any atom is 0.416 e. The van der Waals surface area contributed by atoms with Gasteiger partial charge in [-0.3, -0.25) is 9.59 Å². The molecule has 0 bridgehead atoms. The Bertz CT molecular complexity index is 737. The van der Waals surface area contributed by atoms with Crippen LogP contribution in [-0.2, 0) is 17.4 Å². The van der Waals surface area contributed by atoms with Gasteiger partial charge < -0.3 is 5.73 Å². The van der Waals surface area contributed by atoms with E-state index < -0.39 is 35.2 Å². The topological polar surface area (TPSA) is 60.2 Å². The van der Waals surface area contributed by atoms with Gasteiger partial charge >= 0.3 is 6.18 Å². The first-order valence-corrected chi connectivity index (χ1v) is 6.93. The SMILES string of the molecule is NC(=O)C(Cc1ccc(C(F)(F)F)cc1)C(=O)c1ccc(F)cc1. The van der Waals surface area contributed by atoms with Gasteiger partial charge in [0.2, 0.25) is 5.91 Å². The normalized spacial score (nSPS) is 12.7. The van der Waals surface area contributed by atoms with Crippen LogP contribution in [0.25, 0.3) is 0 Å². The van der Waals surface area contributed by atoms with Gasteiger partial charge in [0, 0.05) is 5.56 Å². The Labute approximate surface area is 135 Å². The highest BCUT2D eigenvalue weighted by atomic mass is 19.4. The molecule has 1 amide bonds. The van der Waals surface area contributed by atoms with Crippen molar-refractivity contribution >= 4 is 11.7 Å². The van der Waals surface area contributed by atoms with E-state index in [4.69, 9.17) is 5.73 Å². The van der Waals surface area contributed by atoms with Crippen molar-refractivity contribution in [2.24, 2.45) is 11.7 Å². The molecule has 1 unspecified atom stereocenters. The van der Waals surface area contributed by atoms with Gasteiger partial charge in [-0.05, 0) is 48.4 Å². The standard InChI is InChI=1S/C17H13F4NO2/c18-13-7-3-11(4-8-13)15(23)14(16(22)24)9-10-1-5-12(6-2-10)17(19,20)21/h1-8,14H,9H2,(H2,22,24). The van der Waals surface area contributed by atoms with E-state index in [1.54, 1.807) is 0 Å². The van der Waals surface area contributed by atoms with E-state index in [1.165, 1.54) is 24.3 Å². The molecule has 0 saturated heterocycles. The van der Waals surface area contributed by atoms with Crippen LogP contribution in [0.5, 0.6) is 0 Å². The van der Waals surface area contributed by atoms with E-state index in [0.717, 1.165) is 24.3 Å². The number of Topliss-reactive ketones (excluding diaryl/α,β-unsaturated/α-hetero) is 1. The summed E-state index contributed by atoms with van der Waals surface area (Å²) in [4.78, 5) is 23.9. The molecule has 126 valence electrons. The number of carbonyl (C=O) groups is 2. The van der Waals surface area contributed by atoms with Gasteiger partial charge in [-0.25, -0.2) is 4.39 Å². The number of primary amides is 1. The zero-order chi connectivity index (χ0) is 17.9. The first-order valence-electron chi connectivity index (χ1n) is 6.93. The quantitative estimate of drug-likeness (QED) is 0.516. The number of hydrogen-bond acceptors (Lipinski definition) is 2. The second-order valence-electron chi connectivity index (χ2n) is 5.22. The van der Waals surface area contributed by atoms with Gasteiger partial charge in [-0.1, -0.05) is 12.1 Å². The monoisotopic (exact) mass is 339 g/mol. The van der Waals surface area contributed by atoms with Crippen LogP contribution >= 0.6 is 0 Å². The summed E-state index contributed by atoms with van der Waals surface area (Å²) in [5.41, 5.74) is 4.88. The van der Waals surface area contributed by atoms with Gasteiger partial charge in [0.15, 0.2) is 5.78 Å². The van der Waals surface area contributed by atoms with E-state index >= 15 is 0 Å². The molecule has 7 heteroatoms. The molecule has 3 nitrogen and oxygen atoms in total. The summed E-state index contributed by atoms with van der Waals surface area (Å²) < 4.78 is 50.5. The van der Waals surface area contributed by atoms with Crippen LogP contribution in [0.3, 0.4) is 0 Å². The Morgan fingerprint density at radius 3 is 1.96 bits per heavy atom. The van der Waals surface area contributed by atoms with Crippen molar-refractivity contribution in [3.05, 3.63) is 71.0 Å². The van der Waals surface area contributed by atoms with Crippen molar-refractivity contribution in [2.75, 3.05) is 0 Å². The Kier molecular flexibility index (Phi) is 5.02. The number of benzene rings is 2. The molecule has 0 saturated carbocycles. The molecule has 0 aromatic heterocycles. The summed E-state index contributed by atoms with van der Waals surface area (Å²) in [6.07, 6.45) is -4.60. The summed E-state index contributed by atoms with van der Waals surface area (Å²) in [5, 5.41) is 0. The maximum absolute atomic E-state index is 12.9. The molecular formula is C17H13F4NO2. The third-order valence-electron chi connectivity index (χ3n) is 3.51. The second kappa shape index (κ2) is 6.82. The smallest absolute Gasteiger partial charge is 0.369 e. The number of amides is 1. The molecular weight excluding hydrogens is 326 g/mol. The molecule has 2 aromatic rings. The van der Waals surface area contributed by atoms with Crippen LogP contribution in [-0.4, -0.2) is 11.7 Å². The molecule has 0 radical (unpaired) electrons. The number of alkyl halides is 3. The highest BCUT2D eigenvalue weighted by molar-refractivity contribution is 6.09. The van der Waals surface area contributed by atoms with Gasteiger partial charge in [0.05, 0.1) is 5.56 Å². The average molecular weight is 339 g/mol. The van der Waals surface area contributed by atoms with Gasteiger partial charge in [0.25, 0.3) is 0 Å². The summed E-state index contributed by atoms with van der Waals surface area (Å²) in [5.74, 6) is -3.29. The molecule has 2 rings (SSSR count). The minimum Gasteiger partial charge on any atom is -0.369 e. The summed E-state index contributed by atoms with van der Waals surface area (Å²) in [6, 6.07) is 8.71. The van der Waals surface area contributed by atoms with Crippen molar-refractivity contribution in [3.63, 3.8) is 0 Å². The lowest BCUT2D eigenvalue weighted by atomic mass is 9.90. The number of rotatable bonds is 5. The molecule has 0 aliphatic rings. The fourth-order valence-corrected chi connectivity index (χ4v) is 2.20. The highest BCUT2D eigenvalue weighted by Crippen LogP contribution is 2.29. The van der Waals surface area contributed by atoms with Crippen LogP contribution in [0, 0.1) is 11.7 Å². The summed E-state index contributed by atoms with van der Waals surface area (Å²) in [6.45, 7) is 0. The van der Waals surface area contributed by atoms with Crippen LogP contribution in [0.1, 0.15) is 21.5 Å². The lowest BCUT2D eigenvalue weighted by molar-refractivity contribution is -0.137. The number of nitrogens with two attached hydrogens (primary N) is 1. The zero-order valence-corrected chi connectivity index (χ0v) is 12.3. The van der Waals surface area contributed by atoms with Crippen LogP contribution in [0.15, 0.2) is 48.5 Å². The van der Waals surface area contributed by atoms with E-state index in [1.807, 2.05) is 0 Å². The molecule has 2 N–H and O–H groups in total. The van der Waals surface area contributed by atoms with Crippen LogP contribution in [0.4, 0.5) is 17.6 Å². The van der Waals surface area contributed by atoms with Crippen molar-refractivity contribution in [1.29, 1.82) is 0 Å². The fourth-order valence-electron chi connectivity index (χ4n) is 2.20. The molecule has 1 atom stereocenters. The van der Waals surface area contributed by atoms with Crippen molar-refractivity contribution in [3.8, 4) is 0 Å². The zero-order valence-electron chi connectivity index (χ0n) is 12.3. The lowest BCUT2D eigenvalue weighted by Crippen LogP contribution is -2.32. The number of halogens is 4. The second-order valence-corrected chi connectivity index (χ2v) is 5.22. The Hall–Kier alpha value is -2.70. The van der Waals surface area contributed by atoms with Crippen molar-refractivity contribution in [2.45, 2.75) is 12.6 Å². The third-order valence-corrected chi connectivity index (χ3v) is 3.51. The average Bonchev–Trinajstić information content (AvgIpc) is 2.52. The minimum absolute atomic E-state index is 0.104. The van der Waals surface area contributed by atoms with Gasteiger partial charge in [0.1, 0.15) is 11.7 Å². The molecule has 24 heavy (non-hydrogen) atoms. The summed E-state index contributed by atoms with van der Waals surface area (Å²) in [7, 11) is 0. The van der Waals surface area contributed by atoms with E-state index in [2.05, 4.69) is 0 Å². The predicted molar refractivity (Wildman–Crippen MR) is 78.6 cm³/mol. The Morgan fingerprint density at radius 1 is 0.958 bits per heavy atom. The molecule has 0 aliphatic carbocycles. The van der Waals surface area contributed by atoms with Crippen LogP contribution < -0.4 is 5.73 Å². The van der Waals surface area contributed by atoms with E-state index in [0.29, 0.717) is 5.56 Å². The maximum atomic E-state index is 12.9. The number of carbonyl (C=O) groups excluding carboxylic acids is 2. The Morgan fingerprint density at radius 2 is 1.50 bits per heavy atom. The van der Waals surface area contributed by atoms with E-state index in [9.17, 15) is 27.2 Å². The minimum atomic E-state index is -4.47. The third kappa shape index (κ3) is 4.18. The van der Waals surface area contributed by atoms with Gasteiger partial charge in [-0.15, -0.1) is 0 Å². The predicted octanol–water partition coefficient (Wildman–Crippen LogP) is 3.37. The Balaban J connectivity index is 2.21.